The summed E-state index contributed by atoms with van der Waals surface area (Å²) in [7, 11) is 0. The number of aryl methyl sites for hydroxylation is 1. The molecule has 0 atom stereocenters. The van der Waals surface area contributed by atoms with E-state index in [2.05, 4.69) is 4.98 Å². The first-order chi connectivity index (χ1) is 6.43. The Hall–Kier alpha value is -0.300. The van der Waals surface area contributed by atoms with E-state index in [1.165, 1.54) is 6.07 Å². The highest BCUT2D eigenvalue weighted by Gasteiger charge is 2.17. The van der Waals surface area contributed by atoms with Crippen molar-refractivity contribution in [2.24, 2.45) is 0 Å². The van der Waals surface area contributed by atoms with Crippen LogP contribution in [0.2, 0.25) is 0 Å². The third-order valence-corrected chi connectivity index (χ3v) is 3.11. The van der Waals surface area contributed by atoms with Crippen LogP contribution in [-0.4, -0.2) is 10.2 Å². The second-order valence-electron chi connectivity index (χ2n) is 2.60. The van der Waals surface area contributed by atoms with E-state index >= 15 is 0 Å². The van der Waals surface area contributed by atoms with E-state index in [1.807, 2.05) is 22.6 Å². The SMILES string of the molecule is Cc1cc(C(F)F)nc(C(=O)Cl)c1I. The van der Waals surface area contributed by atoms with E-state index in [0.717, 1.165) is 0 Å². The lowest BCUT2D eigenvalue weighted by molar-refractivity contribution is 0.107. The minimum atomic E-state index is -2.69. The minimum absolute atomic E-state index is 0.109. The predicted molar refractivity (Wildman–Crippen MR) is 56.8 cm³/mol. The van der Waals surface area contributed by atoms with E-state index in [-0.39, 0.29) is 5.69 Å². The van der Waals surface area contributed by atoms with Crippen molar-refractivity contribution in [3.05, 3.63) is 26.6 Å². The summed E-state index contributed by atoms with van der Waals surface area (Å²) in [5.41, 5.74) is 0.0365. The zero-order valence-corrected chi connectivity index (χ0v) is 9.94. The molecule has 0 amide bonds. The van der Waals surface area contributed by atoms with Gasteiger partial charge in [-0.25, -0.2) is 13.8 Å². The van der Waals surface area contributed by atoms with Crippen LogP contribution in [0.25, 0.3) is 0 Å². The van der Waals surface area contributed by atoms with Crippen molar-refractivity contribution in [2.45, 2.75) is 13.3 Å². The summed E-state index contributed by atoms with van der Waals surface area (Å²) in [4.78, 5) is 14.3. The molecule has 0 aliphatic heterocycles. The summed E-state index contributed by atoms with van der Waals surface area (Å²) in [5, 5.41) is -0.819. The van der Waals surface area contributed by atoms with Crippen molar-refractivity contribution in [3.8, 4) is 0 Å². The van der Waals surface area contributed by atoms with Crippen molar-refractivity contribution in [2.75, 3.05) is 0 Å². The Morgan fingerprint density at radius 3 is 2.64 bits per heavy atom. The lowest BCUT2D eigenvalue weighted by Crippen LogP contribution is -2.04. The second-order valence-corrected chi connectivity index (χ2v) is 4.02. The van der Waals surface area contributed by atoms with Gasteiger partial charge in [0.05, 0.1) is 0 Å². The summed E-state index contributed by atoms with van der Waals surface area (Å²) in [6.45, 7) is 1.62. The number of halogens is 4. The van der Waals surface area contributed by atoms with Gasteiger partial charge in [-0.2, -0.15) is 0 Å². The summed E-state index contributed by atoms with van der Waals surface area (Å²) in [5.74, 6) is 0. The molecule has 6 heteroatoms. The van der Waals surface area contributed by atoms with Gasteiger partial charge >= 0.3 is 0 Å². The molecule has 0 saturated heterocycles. The Bertz CT molecular complexity index is 384. The van der Waals surface area contributed by atoms with Crippen LogP contribution >= 0.6 is 34.2 Å². The van der Waals surface area contributed by atoms with Gasteiger partial charge in [-0.15, -0.1) is 0 Å². The first-order valence-corrected chi connectivity index (χ1v) is 5.04. The maximum atomic E-state index is 12.3. The average molecular weight is 331 g/mol. The summed E-state index contributed by atoms with van der Waals surface area (Å²) in [6, 6.07) is 1.25. The molecule has 0 aromatic carbocycles. The first kappa shape index (κ1) is 11.8. The Morgan fingerprint density at radius 1 is 1.64 bits per heavy atom. The molecule has 2 nitrogen and oxygen atoms in total. The molecule has 76 valence electrons. The van der Waals surface area contributed by atoms with Crippen LogP contribution in [-0.2, 0) is 0 Å². The monoisotopic (exact) mass is 331 g/mol. The molecule has 0 bridgehead atoms. The molecule has 0 saturated carbocycles. The lowest BCUT2D eigenvalue weighted by atomic mass is 10.2. The summed E-state index contributed by atoms with van der Waals surface area (Å²) in [6.07, 6.45) is -2.69. The summed E-state index contributed by atoms with van der Waals surface area (Å²) >= 11 is 7.05. The largest absolute Gasteiger partial charge is 0.280 e. The van der Waals surface area contributed by atoms with Gasteiger partial charge in [0.15, 0.2) is 0 Å². The summed E-state index contributed by atoms with van der Waals surface area (Å²) < 4.78 is 25.1. The molecule has 0 aliphatic rings. The second kappa shape index (κ2) is 4.48. The molecule has 0 aliphatic carbocycles. The van der Waals surface area contributed by atoms with Crippen molar-refractivity contribution < 1.29 is 13.6 Å². The average Bonchev–Trinajstić information content (AvgIpc) is 2.08. The minimum Gasteiger partial charge on any atom is -0.274 e. The number of carbonyl (C=O) groups is 1. The van der Waals surface area contributed by atoms with Gasteiger partial charge in [0.25, 0.3) is 11.7 Å². The standard InChI is InChI=1S/C8H5ClF2INO/c1-3-2-4(8(10)11)13-6(5(3)12)7(9)14/h2,8H,1H3. The van der Waals surface area contributed by atoms with Gasteiger partial charge in [-0.1, -0.05) is 0 Å². The fourth-order valence-electron chi connectivity index (χ4n) is 0.924. The van der Waals surface area contributed by atoms with Gasteiger partial charge in [0.2, 0.25) is 0 Å². The van der Waals surface area contributed by atoms with Crippen molar-refractivity contribution in [1.82, 2.24) is 4.98 Å². The highest BCUT2D eigenvalue weighted by atomic mass is 127. The maximum Gasteiger partial charge on any atom is 0.280 e. The number of alkyl halides is 2. The van der Waals surface area contributed by atoms with Crippen molar-refractivity contribution in [3.63, 3.8) is 0 Å². The zero-order chi connectivity index (χ0) is 10.9. The predicted octanol–water partition coefficient (Wildman–Crippen LogP) is 3.31. The lowest BCUT2D eigenvalue weighted by Gasteiger charge is -2.06. The Labute approximate surface area is 97.8 Å². The van der Waals surface area contributed by atoms with Gasteiger partial charge in [0, 0.05) is 3.57 Å². The van der Waals surface area contributed by atoms with Crippen LogP contribution < -0.4 is 0 Å². The molecule has 1 rings (SSSR count). The number of aromatic nitrogens is 1. The fraction of sp³-hybridized carbons (Fsp3) is 0.250. The topological polar surface area (TPSA) is 30.0 Å². The highest BCUT2D eigenvalue weighted by Crippen LogP contribution is 2.23. The third-order valence-electron chi connectivity index (χ3n) is 1.57. The van der Waals surface area contributed by atoms with Crippen LogP contribution in [0, 0.1) is 10.5 Å². The van der Waals surface area contributed by atoms with Gasteiger partial charge in [-0.3, -0.25) is 4.79 Å². The van der Waals surface area contributed by atoms with Crippen molar-refractivity contribution >= 4 is 39.4 Å². The number of pyridine rings is 1. The third kappa shape index (κ3) is 2.38. The number of hydrogen-bond acceptors (Lipinski definition) is 2. The van der Waals surface area contributed by atoms with E-state index in [0.29, 0.717) is 9.13 Å². The molecule has 0 N–H and O–H groups in total. The van der Waals surface area contributed by atoms with Crippen molar-refractivity contribution in [1.29, 1.82) is 0 Å². The molecule has 0 unspecified atom stereocenters. The van der Waals surface area contributed by atoms with Gasteiger partial charge in [0.1, 0.15) is 11.4 Å². The zero-order valence-electron chi connectivity index (χ0n) is 7.02. The quantitative estimate of drug-likeness (QED) is 0.615. The van der Waals surface area contributed by atoms with E-state index < -0.39 is 17.4 Å². The number of carbonyl (C=O) groups excluding carboxylic acids is 1. The van der Waals surface area contributed by atoms with Crippen LogP contribution in [0.1, 0.15) is 28.2 Å². The Balaban J connectivity index is 3.35. The molecule has 0 fully saturated rings. The van der Waals surface area contributed by atoms with E-state index in [1.54, 1.807) is 6.92 Å². The number of hydrogen-bond donors (Lipinski definition) is 0. The normalized spacial score (nSPS) is 10.7. The van der Waals surface area contributed by atoms with Crippen LogP contribution in [0.15, 0.2) is 6.07 Å². The van der Waals surface area contributed by atoms with Crippen LogP contribution in [0.3, 0.4) is 0 Å². The highest BCUT2D eigenvalue weighted by molar-refractivity contribution is 14.1. The molecule has 0 spiro atoms. The van der Waals surface area contributed by atoms with Gasteiger partial charge in [-0.05, 0) is 52.7 Å². The molecule has 1 aromatic heterocycles. The molecule has 0 radical (unpaired) electrons. The molecule has 14 heavy (non-hydrogen) atoms. The van der Waals surface area contributed by atoms with E-state index in [9.17, 15) is 13.6 Å². The smallest absolute Gasteiger partial charge is 0.274 e. The van der Waals surface area contributed by atoms with Crippen LogP contribution in [0.5, 0.6) is 0 Å². The first-order valence-electron chi connectivity index (χ1n) is 3.58. The maximum absolute atomic E-state index is 12.3. The van der Waals surface area contributed by atoms with Gasteiger partial charge < -0.3 is 0 Å². The number of nitrogens with zero attached hydrogens (tertiary/aromatic N) is 1. The molecular weight excluding hydrogens is 326 g/mol. The molecule has 1 aromatic rings. The number of rotatable bonds is 2. The Morgan fingerprint density at radius 2 is 2.21 bits per heavy atom. The fourth-order valence-corrected chi connectivity index (χ4v) is 1.74. The molecule has 1 heterocycles. The van der Waals surface area contributed by atoms with E-state index in [4.69, 9.17) is 11.6 Å². The molecular formula is C8H5ClF2INO. The Kier molecular flexibility index (Phi) is 3.77. The van der Waals surface area contributed by atoms with Crippen LogP contribution in [0.4, 0.5) is 8.78 Å².